The van der Waals surface area contributed by atoms with Gasteiger partial charge in [-0.3, -0.25) is 4.79 Å². The average molecular weight is 323 g/mol. The van der Waals surface area contributed by atoms with Crippen molar-refractivity contribution < 1.29 is 19.1 Å². The van der Waals surface area contributed by atoms with Gasteiger partial charge in [0.1, 0.15) is 17.2 Å². The summed E-state index contributed by atoms with van der Waals surface area (Å²) in [5.41, 5.74) is -1.08. The number of nitrogens with one attached hydrogen (secondary N) is 1. The minimum absolute atomic E-state index is 0.147. The van der Waals surface area contributed by atoms with Gasteiger partial charge in [-0.25, -0.2) is 4.79 Å². The molecule has 0 bridgehead atoms. The molecule has 23 heavy (non-hydrogen) atoms. The number of rotatable bonds is 7. The van der Waals surface area contributed by atoms with Crippen LogP contribution in [0.15, 0.2) is 12.3 Å². The van der Waals surface area contributed by atoms with Crippen LogP contribution >= 0.6 is 0 Å². The Bertz CT molecular complexity index is 475. The highest BCUT2D eigenvalue weighted by molar-refractivity contribution is 5.84. The zero-order chi connectivity index (χ0) is 18.3. The van der Waals surface area contributed by atoms with Crippen LogP contribution < -0.4 is 5.32 Å². The molecule has 0 heterocycles. The van der Waals surface area contributed by atoms with Crippen LogP contribution in [0.1, 0.15) is 60.8 Å². The van der Waals surface area contributed by atoms with Gasteiger partial charge < -0.3 is 14.8 Å². The molecule has 0 radical (unpaired) electrons. The molecule has 130 valence electrons. The largest absolute Gasteiger partial charge is 0.493 e. The van der Waals surface area contributed by atoms with E-state index in [1.165, 1.54) is 0 Å². The Morgan fingerprint density at radius 2 is 1.65 bits per heavy atom. The Morgan fingerprint density at radius 1 is 1.13 bits per heavy atom. The lowest BCUT2D eigenvalue weighted by Gasteiger charge is -2.27. The fourth-order valence-electron chi connectivity index (χ4n) is 1.72. The van der Waals surface area contributed by atoms with Gasteiger partial charge in [0.15, 0.2) is 0 Å². The van der Waals surface area contributed by atoms with Crippen LogP contribution in [0.2, 0.25) is 0 Å². The first-order valence-electron chi connectivity index (χ1n) is 7.66. The van der Waals surface area contributed by atoms with E-state index in [4.69, 9.17) is 15.9 Å². The summed E-state index contributed by atoms with van der Waals surface area (Å²) < 4.78 is 11.0. The second-order valence-corrected chi connectivity index (χ2v) is 7.31. The van der Waals surface area contributed by atoms with Crippen LogP contribution in [-0.2, 0) is 19.1 Å². The first-order valence-corrected chi connectivity index (χ1v) is 7.66. The molecule has 0 aliphatic rings. The molecular formula is C18H29NO4. The highest BCUT2D eigenvalue weighted by Crippen LogP contribution is 2.18. The minimum Gasteiger partial charge on any atom is -0.493 e. The standard InChI is InChI=1S/C18H29NO4/c1-9-10-11-15(20)19-14(16(21)23-18(6,7)8)12-13(2)22-17(3,4)5/h1,14H,2,10-12H2,3-8H3,(H,19,20). The Kier molecular flexibility index (Phi) is 7.88. The van der Waals surface area contributed by atoms with Gasteiger partial charge in [0.05, 0.1) is 5.76 Å². The SMILES string of the molecule is C#CCCC(=O)NC(CC(=C)OC(C)(C)C)C(=O)OC(C)(C)C. The summed E-state index contributed by atoms with van der Waals surface area (Å²) in [5.74, 6) is 1.97. The summed E-state index contributed by atoms with van der Waals surface area (Å²) in [6.45, 7) is 14.8. The molecule has 0 fully saturated rings. The number of terminal acetylenes is 1. The number of hydrogen-bond donors (Lipinski definition) is 1. The number of amides is 1. The molecule has 0 aromatic carbocycles. The molecule has 0 aliphatic carbocycles. The lowest BCUT2D eigenvalue weighted by atomic mass is 10.1. The van der Waals surface area contributed by atoms with E-state index in [0.717, 1.165) is 0 Å². The summed E-state index contributed by atoms with van der Waals surface area (Å²) in [6, 6.07) is -0.852. The number of carbonyl (C=O) groups excluding carboxylic acids is 2. The van der Waals surface area contributed by atoms with E-state index in [-0.39, 0.29) is 18.7 Å². The van der Waals surface area contributed by atoms with Crippen LogP contribution in [0.5, 0.6) is 0 Å². The Labute approximate surface area is 139 Å². The van der Waals surface area contributed by atoms with E-state index in [1.807, 2.05) is 20.8 Å². The first-order chi connectivity index (χ1) is 10.3. The van der Waals surface area contributed by atoms with Crippen LogP contribution in [-0.4, -0.2) is 29.1 Å². The zero-order valence-electron chi connectivity index (χ0n) is 15.1. The van der Waals surface area contributed by atoms with Crippen molar-refractivity contribution in [1.82, 2.24) is 5.32 Å². The van der Waals surface area contributed by atoms with Crippen LogP contribution in [0.4, 0.5) is 0 Å². The van der Waals surface area contributed by atoms with Crippen molar-refractivity contribution in [2.24, 2.45) is 0 Å². The third-order valence-corrected chi connectivity index (χ3v) is 2.41. The van der Waals surface area contributed by atoms with E-state index >= 15 is 0 Å². The maximum absolute atomic E-state index is 12.3. The second kappa shape index (κ2) is 8.61. The summed E-state index contributed by atoms with van der Waals surface area (Å²) in [6.07, 6.45) is 5.76. The molecule has 0 spiro atoms. The fraction of sp³-hybridized carbons (Fsp3) is 0.667. The fourth-order valence-corrected chi connectivity index (χ4v) is 1.72. The predicted molar refractivity (Wildman–Crippen MR) is 90.4 cm³/mol. The summed E-state index contributed by atoms with van der Waals surface area (Å²) in [4.78, 5) is 24.2. The molecular weight excluding hydrogens is 294 g/mol. The lowest BCUT2D eigenvalue weighted by Crippen LogP contribution is -2.44. The highest BCUT2D eigenvalue weighted by atomic mass is 16.6. The summed E-state index contributed by atoms with van der Waals surface area (Å²) >= 11 is 0. The van der Waals surface area contributed by atoms with Crippen molar-refractivity contribution in [2.45, 2.75) is 78.0 Å². The molecule has 0 saturated heterocycles. The van der Waals surface area contributed by atoms with Gasteiger partial charge in [-0.2, -0.15) is 0 Å². The van der Waals surface area contributed by atoms with Crippen LogP contribution in [0.3, 0.4) is 0 Å². The quantitative estimate of drug-likeness (QED) is 0.444. The van der Waals surface area contributed by atoms with Gasteiger partial charge >= 0.3 is 5.97 Å². The Morgan fingerprint density at radius 3 is 2.09 bits per heavy atom. The second-order valence-electron chi connectivity index (χ2n) is 7.31. The molecule has 0 saturated carbocycles. The van der Waals surface area contributed by atoms with E-state index in [2.05, 4.69) is 17.8 Å². The van der Waals surface area contributed by atoms with Gasteiger partial charge in [0, 0.05) is 19.3 Å². The van der Waals surface area contributed by atoms with Crippen molar-refractivity contribution >= 4 is 11.9 Å². The Hall–Kier alpha value is -1.96. The average Bonchev–Trinajstić information content (AvgIpc) is 2.31. The molecule has 1 N–H and O–H groups in total. The minimum atomic E-state index is -0.852. The van der Waals surface area contributed by atoms with Crippen LogP contribution in [0.25, 0.3) is 0 Å². The van der Waals surface area contributed by atoms with Crippen molar-refractivity contribution in [1.29, 1.82) is 0 Å². The summed E-state index contributed by atoms with van der Waals surface area (Å²) in [5, 5.41) is 2.64. The zero-order valence-corrected chi connectivity index (χ0v) is 15.1. The maximum Gasteiger partial charge on any atom is 0.329 e. The van der Waals surface area contributed by atoms with E-state index in [1.54, 1.807) is 20.8 Å². The molecule has 0 rings (SSSR count). The number of ether oxygens (including phenoxy) is 2. The normalized spacial score (nSPS) is 12.7. The highest BCUT2D eigenvalue weighted by Gasteiger charge is 2.28. The van der Waals surface area contributed by atoms with Gasteiger partial charge in [0.2, 0.25) is 5.91 Å². The van der Waals surface area contributed by atoms with Crippen molar-refractivity contribution in [3.05, 3.63) is 12.3 Å². The van der Waals surface area contributed by atoms with Crippen molar-refractivity contribution in [3.63, 3.8) is 0 Å². The maximum atomic E-state index is 12.3. The molecule has 0 aromatic heterocycles. The van der Waals surface area contributed by atoms with Crippen molar-refractivity contribution in [3.8, 4) is 12.3 Å². The van der Waals surface area contributed by atoms with E-state index < -0.39 is 23.2 Å². The molecule has 1 amide bonds. The summed E-state index contributed by atoms with van der Waals surface area (Å²) in [7, 11) is 0. The molecule has 5 heteroatoms. The Balaban J connectivity index is 4.93. The van der Waals surface area contributed by atoms with Gasteiger partial charge in [-0.1, -0.05) is 6.58 Å². The molecule has 0 aliphatic heterocycles. The number of hydrogen-bond acceptors (Lipinski definition) is 4. The van der Waals surface area contributed by atoms with Gasteiger partial charge in [0.25, 0.3) is 0 Å². The lowest BCUT2D eigenvalue weighted by molar-refractivity contribution is -0.159. The predicted octanol–water partition coefficient (Wildman–Crippen LogP) is 2.95. The van der Waals surface area contributed by atoms with Crippen LogP contribution in [0, 0.1) is 12.3 Å². The molecule has 1 unspecified atom stereocenters. The van der Waals surface area contributed by atoms with Gasteiger partial charge in [-0.05, 0) is 41.5 Å². The van der Waals surface area contributed by atoms with Crippen molar-refractivity contribution in [2.75, 3.05) is 0 Å². The molecule has 0 aromatic rings. The van der Waals surface area contributed by atoms with Gasteiger partial charge in [-0.15, -0.1) is 12.3 Å². The topological polar surface area (TPSA) is 64.6 Å². The third kappa shape index (κ3) is 11.3. The smallest absolute Gasteiger partial charge is 0.329 e. The third-order valence-electron chi connectivity index (χ3n) is 2.41. The van der Waals surface area contributed by atoms with E-state index in [9.17, 15) is 9.59 Å². The molecule has 5 nitrogen and oxygen atoms in total. The number of carbonyl (C=O) groups is 2. The first kappa shape index (κ1) is 21.0. The monoisotopic (exact) mass is 323 g/mol. The molecule has 1 atom stereocenters. The number of esters is 1. The van der Waals surface area contributed by atoms with E-state index in [0.29, 0.717) is 12.2 Å².